The lowest BCUT2D eigenvalue weighted by atomic mass is 9.71. The van der Waals surface area contributed by atoms with E-state index in [1.54, 1.807) is 4.90 Å². The highest BCUT2D eigenvalue weighted by Crippen LogP contribution is 2.48. The van der Waals surface area contributed by atoms with E-state index in [0.29, 0.717) is 24.4 Å². The summed E-state index contributed by atoms with van der Waals surface area (Å²) in [5.74, 6) is 1.82. The van der Waals surface area contributed by atoms with Crippen LogP contribution in [0.15, 0.2) is 18.2 Å². The van der Waals surface area contributed by atoms with Crippen molar-refractivity contribution in [3.8, 4) is 0 Å². The molecule has 3 fully saturated rings. The number of nitrogens with one attached hydrogen (secondary N) is 1. The van der Waals surface area contributed by atoms with Gasteiger partial charge in [-0.2, -0.15) is 0 Å². The molecule has 0 unspecified atom stereocenters. The number of benzene rings is 1. The lowest BCUT2D eigenvalue weighted by Crippen LogP contribution is -2.31. The summed E-state index contributed by atoms with van der Waals surface area (Å²) in [6.45, 7) is 6.71. The van der Waals surface area contributed by atoms with Crippen LogP contribution in [0.25, 0.3) is 0 Å². The minimum atomic E-state index is -0.590. The van der Waals surface area contributed by atoms with Gasteiger partial charge >= 0.3 is 0 Å². The number of rotatable bonds is 7. The van der Waals surface area contributed by atoms with Gasteiger partial charge in [0.1, 0.15) is 17.5 Å². The first-order valence-electron chi connectivity index (χ1n) is 12.7. The maximum absolute atomic E-state index is 14.4. The second-order valence-electron chi connectivity index (χ2n) is 10.9. The second-order valence-corrected chi connectivity index (χ2v) is 11.4. The highest BCUT2D eigenvalue weighted by Gasteiger charge is 2.46. The Labute approximate surface area is 210 Å². The van der Waals surface area contributed by atoms with Gasteiger partial charge in [-0.15, -0.1) is 10.2 Å². The number of nitrogens with zero attached hydrogens (tertiary/aromatic N) is 4. The molecule has 2 atom stereocenters. The van der Waals surface area contributed by atoms with Crippen LogP contribution in [0.3, 0.4) is 0 Å². The number of carbonyl (C=O) groups excluding carboxylic acids is 2. The topological polar surface area (TPSA) is 80.1 Å². The predicted octanol–water partition coefficient (Wildman–Crippen LogP) is 5.15. The zero-order chi connectivity index (χ0) is 24.9. The Morgan fingerprint density at radius 2 is 1.89 bits per heavy atom. The van der Waals surface area contributed by atoms with Crippen molar-refractivity contribution in [2.24, 2.45) is 17.8 Å². The summed E-state index contributed by atoms with van der Waals surface area (Å²) < 4.78 is 16.6. The first-order valence-corrected chi connectivity index (χ1v) is 13.0. The van der Waals surface area contributed by atoms with Crippen molar-refractivity contribution in [2.75, 3.05) is 18.4 Å². The van der Waals surface area contributed by atoms with Gasteiger partial charge in [-0.25, -0.2) is 4.39 Å². The molecule has 2 aliphatic carbocycles. The van der Waals surface area contributed by atoms with Crippen LogP contribution in [-0.2, 0) is 9.59 Å². The molecule has 188 valence electrons. The van der Waals surface area contributed by atoms with Crippen LogP contribution in [0.1, 0.15) is 82.4 Å². The van der Waals surface area contributed by atoms with Crippen LogP contribution in [0.2, 0.25) is 5.02 Å². The van der Waals surface area contributed by atoms with Crippen molar-refractivity contribution in [3.63, 3.8) is 0 Å². The second kappa shape index (κ2) is 9.52. The molecular weight excluding hydrogens is 469 g/mol. The van der Waals surface area contributed by atoms with Gasteiger partial charge in [0.25, 0.3) is 0 Å². The molecule has 0 bridgehead atoms. The molecular formula is C26H33ClFN5O2. The summed E-state index contributed by atoms with van der Waals surface area (Å²) in [6, 6.07) is 4.53. The number of anilines is 1. The number of aromatic nitrogens is 3. The number of hydrogen-bond donors (Lipinski definition) is 1. The summed E-state index contributed by atoms with van der Waals surface area (Å²) in [7, 11) is 0. The lowest BCUT2D eigenvalue weighted by molar-refractivity contribution is -0.128. The molecule has 7 nitrogen and oxygen atoms in total. The van der Waals surface area contributed by atoms with Crippen LogP contribution >= 0.6 is 11.6 Å². The van der Waals surface area contributed by atoms with Gasteiger partial charge in [0.2, 0.25) is 11.8 Å². The molecule has 1 saturated heterocycles. The van der Waals surface area contributed by atoms with E-state index < -0.39 is 11.7 Å². The molecule has 2 aromatic rings. The first kappa shape index (κ1) is 24.2. The zero-order valence-corrected chi connectivity index (χ0v) is 21.3. The van der Waals surface area contributed by atoms with Crippen LogP contribution in [0, 0.1) is 23.6 Å². The number of likely N-dealkylation sites (tertiary alicyclic amines) is 1. The molecule has 35 heavy (non-hydrogen) atoms. The van der Waals surface area contributed by atoms with Gasteiger partial charge in [0.05, 0.1) is 17.5 Å². The van der Waals surface area contributed by atoms with Crippen molar-refractivity contribution in [2.45, 2.75) is 70.8 Å². The smallest absolute Gasteiger partial charge is 0.230 e. The fraction of sp³-hybridized carbons (Fsp3) is 0.615. The highest BCUT2D eigenvalue weighted by atomic mass is 35.5. The molecule has 0 radical (unpaired) electrons. The Morgan fingerprint density at radius 1 is 1.17 bits per heavy atom. The van der Waals surface area contributed by atoms with E-state index >= 15 is 0 Å². The SMILES string of the molecule is CC(=O)N1C[C@H](C(=O)Nc2ccc(Cl)cc2F)[C@@H](c2nnc(C3CC(CC(C)C)C3)n2C2CC2)C1. The monoisotopic (exact) mass is 501 g/mol. The summed E-state index contributed by atoms with van der Waals surface area (Å²) in [6.07, 6.45) is 5.66. The maximum Gasteiger partial charge on any atom is 0.230 e. The molecule has 1 N–H and O–H groups in total. The molecule has 2 saturated carbocycles. The van der Waals surface area contributed by atoms with Crippen molar-refractivity contribution < 1.29 is 14.0 Å². The molecule has 2 amide bonds. The highest BCUT2D eigenvalue weighted by molar-refractivity contribution is 6.30. The Balaban J connectivity index is 1.40. The van der Waals surface area contributed by atoms with Crippen molar-refractivity contribution in [1.29, 1.82) is 0 Å². The third-order valence-corrected chi connectivity index (χ3v) is 7.92. The van der Waals surface area contributed by atoms with Gasteiger partial charge in [-0.1, -0.05) is 25.4 Å². The number of carbonyl (C=O) groups is 2. The average Bonchev–Trinajstić information content (AvgIpc) is 3.35. The molecule has 3 aliphatic rings. The van der Waals surface area contributed by atoms with E-state index in [2.05, 4.69) is 33.9 Å². The zero-order valence-electron chi connectivity index (χ0n) is 20.5. The minimum Gasteiger partial charge on any atom is -0.341 e. The summed E-state index contributed by atoms with van der Waals surface area (Å²) in [5, 5.41) is 12.2. The van der Waals surface area contributed by atoms with Gasteiger partial charge in [-0.3, -0.25) is 9.59 Å². The van der Waals surface area contributed by atoms with Crippen LogP contribution in [-0.4, -0.2) is 44.6 Å². The first-order chi connectivity index (χ1) is 16.7. The van der Waals surface area contributed by atoms with Crippen LogP contribution in [0.4, 0.5) is 10.1 Å². The van der Waals surface area contributed by atoms with E-state index in [1.165, 1.54) is 31.5 Å². The van der Waals surface area contributed by atoms with Crippen molar-refractivity contribution in [3.05, 3.63) is 40.7 Å². The van der Waals surface area contributed by atoms with Gasteiger partial charge in [0.15, 0.2) is 0 Å². The largest absolute Gasteiger partial charge is 0.341 e. The van der Waals surface area contributed by atoms with Gasteiger partial charge < -0.3 is 14.8 Å². The normalized spacial score (nSPS) is 26.2. The summed E-state index contributed by atoms with van der Waals surface area (Å²) in [4.78, 5) is 27.3. The summed E-state index contributed by atoms with van der Waals surface area (Å²) in [5.41, 5.74) is 0.0782. The third kappa shape index (κ3) is 4.95. The molecule has 2 heterocycles. The molecule has 5 rings (SSSR count). The van der Waals surface area contributed by atoms with E-state index in [0.717, 1.165) is 43.3 Å². The Kier molecular flexibility index (Phi) is 6.59. The maximum atomic E-state index is 14.4. The van der Waals surface area contributed by atoms with Crippen molar-refractivity contribution >= 4 is 29.1 Å². The molecule has 1 aromatic carbocycles. The molecule has 1 aromatic heterocycles. The Bertz CT molecular complexity index is 1120. The minimum absolute atomic E-state index is 0.0782. The van der Waals surface area contributed by atoms with Gasteiger partial charge in [-0.05, 0) is 62.1 Å². The quantitative estimate of drug-likeness (QED) is 0.569. The third-order valence-electron chi connectivity index (χ3n) is 7.69. The number of amides is 2. The Morgan fingerprint density at radius 3 is 2.51 bits per heavy atom. The van der Waals surface area contributed by atoms with Crippen LogP contribution < -0.4 is 5.32 Å². The van der Waals surface area contributed by atoms with Gasteiger partial charge in [0, 0.05) is 37.0 Å². The van der Waals surface area contributed by atoms with Crippen molar-refractivity contribution in [1.82, 2.24) is 19.7 Å². The van der Waals surface area contributed by atoms with E-state index in [1.807, 2.05) is 0 Å². The number of halogens is 2. The molecule has 1 aliphatic heterocycles. The lowest BCUT2D eigenvalue weighted by Gasteiger charge is -2.36. The fourth-order valence-corrected chi connectivity index (χ4v) is 5.92. The fourth-order valence-electron chi connectivity index (χ4n) is 5.76. The van der Waals surface area contributed by atoms with Crippen LogP contribution in [0.5, 0.6) is 0 Å². The standard InChI is InChI=1S/C26H33ClFN5O2/c1-14(2)8-16-9-17(10-16)24-30-31-25(33(24)19-5-6-19)20-12-32(15(3)34)13-21(20)26(35)29-23-7-4-18(27)11-22(23)28/h4,7,11,14,16-17,19-21H,5-6,8-10,12-13H2,1-3H3,(H,29,35)/t16?,17?,20-,21-/m0/s1. The van der Waals surface area contributed by atoms with E-state index in [9.17, 15) is 14.0 Å². The average molecular weight is 502 g/mol. The number of hydrogen-bond acceptors (Lipinski definition) is 4. The Hall–Kier alpha value is -2.48. The van der Waals surface area contributed by atoms with E-state index in [4.69, 9.17) is 11.6 Å². The summed E-state index contributed by atoms with van der Waals surface area (Å²) >= 11 is 5.85. The molecule has 0 spiro atoms. The van der Waals surface area contributed by atoms with E-state index in [-0.39, 0.29) is 35.0 Å². The molecule has 9 heteroatoms. The predicted molar refractivity (Wildman–Crippen MR) is 132 cm³/mol.